The molecule has 1 N–H and O–H groups in total. The van der Waals surface area contributed by atoms with E-state index >= 15 is 0 Å². The molecule has 4 nitrogen and oxygen atoms in total. The van der Waals surface area contributed by atoms with Gasteiger partial charge in [0.15, 0.2) is 0 Å². The molecular formula is C9H10N4. The summed E-state index contributed by atoms with van der Waals surface area (Å²) in [6.07, 6.45) is 4.80. The maximum Gasteiger partial charge on any atom is 0.142 e. The van der Waals surface area contributed by atoms with E-state index in [4.69, 9.17) is 0 Å². The van der Waals surface area contributed by atoms with E-state index in [1.165, 1.54) is 6.42 Å². The normalized spacial score (nSPS) is 16.2. The van der Waals surface area contributed by atoms with Gasteiger partial charge in [-0.15, -0.1) is 0 Å². The summed E-state index contributed by atoms with van der Waals surface area (Å²) < 4.78 is 0. The van der Waals surface area contributed by atoms with E-state index in [1.807, 2.05) is 12.3 Å². The lowest BCUT2D eigenvalue weighted by atomic mass is 10.2. The molecule has 0 bridgehead atoms. The monoisotopic (exact) mass is 174 g/mol. The number of nitrogens with zero attached hydrogens (tertiary/aromatic N) is 3. The summed E-state index contributed by atoms with van der Waals surface area (Å²) in [6, 6.07) is 2.03. The maximum atomic E-state index is 4.30. The van der Waals surface area contributed by atoms with Crippen LogP contribution in [0.25, 0.3) is 11.0 Å². The Bertz CT molecular complexity index is 430. The van der Waals surface area contributed by atoms with Crippen LogP contribution in [0.4, 0.5) is 5.82 Å². The van der Waals surface area contributed by atoms with Crippen molar-refractivity contribution in [3.8, 4) is 0 Å². The van der Waals surface area contributed by atoms with Gasteiger partial charge in [-0.1, -0.05) is 0 Å². The van der Waals surface area contributed by atoms with Gasteiger partial charge in [0.05, 0.1) is 5.39 Å². The van der Waals surface area contributed by atoms with E-state index < -0.39 is 0 Å². The number of fused-ring (bicyclic) bond motifs is 1. The molecule has 3 heterocycles. The average molecular weight is 174 g/mol. The van der Waals surface area contributed by atoms with Gasteiger partial charge in [0.1, 0.15) is 17.8 Å². The molecule has 1 fully saturated rings. The first kappa shape index (κ1) is 6.88. The van der Waals surface area contributed by atoms with E-state index in [-0.39, 0.29) is 0 Å². The molecule has 0 radical (unpaired) electrons. The zero-order chi connectivity index (χ0) is 8.67. The van der Waals surface area contributed by atoms with Gasteiger partial charge in [-0.3, -0.25) is 0 Å². The van der Waals surface area contributed by atoms with Crippen LogP contribution in [0.3, 0.4) is 0 Å². The fourth-order valence-electron chi connectivity index (χ4n) is 1.64. The SMILES string of the molecule is c1nc(N2CCC2)c2cc[nH]c2n1. The summed E-state index contributed by atoms with van der Waals surface area (Å²) in [7, 11) is 0. The summed E-state index contributed by atoms with van der Waals surface area (Å²) in [5.74, 6) is 1.07. The van der Waals surface area contributed by atoms with Gasteiger partial charge in [0.25, 0.3) is 0 Å². The Hall–Kier alpha value is -1.58. The predicted molar refractivity (Wildman–Crippen MR) is 50.7 cm³/mol. The van der Waals surface area contributed by atoms with Crippen molar-refractivity contribution in [2.45, 2.75) is 6.42 Å². The summed E-state index contributed by atoms with van der Waals surface area (Å²) >= 11 is 0. The lowest BCUT2D eigenvalue weighted by Crippen LogP contribution is -2.37. The van der Waals surface area contributed by atoms with Gasteiger partial charge in [-0.05, 0) is 12.5 Å². The molecule has 0 aromatic carbocycles. The minimum absolute atomic E-state index is 0.928. The molecule has 3 rings (SSSR count). The fraction of sp³-hybridized carbons (Fsp3) is 0.333. The number of anilines is 1. The quantitative estimate of drug-likeness (QED) is 0.705. The highest BCUT2D eigenvalue weighted by molar-refractivity contribution is 5.87. The maximum absolute atomic E-state index is 4.30. The molecule has 13 heavy (non-hydrogen) atoms. The number of rotatable bonds is 1. The largest absolute Gasteiger partial charge is 0.356 e. The molecule has 1 saturated heterocycles. The number of hydrogen-bond acceptors (Lipinski definition) is 3. The standard InChI is InChI=1S/C9H10N4/c1-4-13(5-1)9-7-2-3-10-8(7)11-6-12-9/h2-3,6H,1,4-5H2,(H,10,11,12). The zero-order valence-corrected chi connectivity index (χ0v) is 7.20. The first-order valence-corrected chi connectivity index (χ1v) is 4.48. The Balaban J connectivity index is 2.20. The second-order valence-electron chi connectivity index (χ2n) is 3.28. The Labute approximate surface area is 75.6 Å². The summed E-state index contributed by atoms with van der Waals surface area (Å²) in [4.78, 5) is 13.8. The van der Waals surface area contributed by atoms with Crippen LogP contribution >= 0.6 is 0 Å². The Kier molecular flexibility index (Phi) is 1.30. The Morgan fingerprint density at radius 1 is 1.31 bits per heavy atom. The topological polar surface area (TPSA) is 44.8 Å². The summed E-state index contributed by atoms with van der Waals surface area (Å²) in [5.41, 5.74) is 0.928. The van der Waals surface area contributed by atoms with Gasteiger partial charge in [0, 0.05) is 19.3 Å². The highest BCUT2D eigenvalue weighted by Gasteiger charge is 2.18. The minimum Gasteiger partial charge on any atom is -0.356 e. The molecular weight excluding hydrogens is 164 g/mol. The molecule has 4 heteroatoms. The van der Waals surface area contributed by atoms with Crippen molar-refractivity contribution in [3.05, 3.63) is 18.6 Å². The first-order valence-electron chi connectivity index (χ1n) is 4.48. The third-order valence-electron chi connectivity index (χ3n) is 2.49. The van der Waals surface area contributed by atoms with Crippen molar-refractivity contribution in [2.75, 3.05) is 18.0 Å². The van der Waals surface area contributed by atoms with E-state index in [2.05, 4.69) is 19.9 Å². The van der Waals surface area contributed by atoms with Crippen molar-refractivity contribution in [1.82, 2.24) is 15.0 Å². The molecule has 66 valence electrons. The van der Waals surface area contributed by atoms with Gasteiger partial charge in [-0.2, -0.15) is 0 Å². The molecule has 2 aromatic heterocycles. The van der Waals surface area contributed by atoms with Crippen molar-refractivity contribution in [3.63, 3.8) is 0 Å². The zero-order valence-electron chi connectivity index (χ0n) is 7.20. The van der Waals surface area contributed by atoms with Crippen LogP contribution in [0, 0.1) is 0 Å². The molecule has 0 amide bonds. The van der Waals surface area contributed by atoms with Crippen LogP contribution in [0.1, 0.15) is 6.42 Å². The summed E-state index contributed by atoms with van der Waals surface area (Å²) in [5, 5.41) is 1.13. The first-order chi connectivity index (χ1) is 6.45. The van der Waals surface area contributed by atoms with Crippen LogP contribution in [0.5, 0.6) is 0 Å². The summed E-state index contributed by atoms with van der Waals surface area (Å²) in [6.45, 7) is 2.24. The van der Waals surface area contributed by atoms with Crippen LogP contribution < -0.4 is 4.90 Å². The van der Waals surface area contributed by atoms with Gasteiger partial charge >= 0.3 is 0 Å². The highest BCUT2D eigenvalue weighted by Crippen LogP contribution is 2.25. The number of hydrogen-bond donors (Lipinski definition) is 1. The highest BCUT2D eigenvalue weighted by atomic mass is 15.2. The van der Waals surface area contributed by atoms with E-state index in [0.717, 1.165) is 29.9 Å². The molecule has 0 saturated carbocycles. The molecule has 1 aliphatic rings. The molecule has 0 unspecified atom stereocenters. The minimum atomic E-state index is 0.928. The van der Waals surface area contributed by atoms with Gasteiger partial charge < -0.3 is 9.88 Å². The molecule has 1 aliphatic heterocycles. The third kappa shape index (κ3) is 0.915. The van der Waals surface area contributed by atoms with Crippen LogP contribution in [-0.4, -0.2) is 28.0 Å². The Morgan fingerprint density at radius 2 is 2.23 bits per heavy atom. The fourth-order valence-corrected chi connectivity index (χ4v) is 1.64. The number of aromatic nitrogens is 3. The van der Waals surface area contributed by atoms with E-state index in [1.54, 1.807) is 6.33 Å². The lowest BCUT2D eigenvalue weighted by molar-refractivity contribution is 0.611. The van der Waals surface area contributed by atoms with Crippen molar-refractivity contribution >= 4 is 16.9 Å². The van der Waals surface area contributed by atoms with E-state index in [0.29, 0.717) is 0 Å². The smallest absolute Gasteiger partial charge is 0.142 e. The number of H-pyrrole nitrogens is 1. The third-order valence-corrected chi connectivity index (χ3v) is 2.49. The second kappa shape index (κ2) is 2.45. The second-order valence-corrected chi connectivity index (χ2v) is 3.28. The van der Waals surface area contributed by atoms with Crippen LogP contribution in [-0.2, 0) is 0 Å². The average Bonchev–Trinajstić information content (AvgIpc) is 2.49. The van der Waals surface area contributed by atoms with Crippen molar-refractivity contribution in [1.29, 1.82) is 0 Å². The van der Waals surface area contributed by atoms with E-state index in [9.17, 15) is 0 Å². The van der Waals surface area contributed by atoms with Crippen molar-refractivity contribution in [2.24, 2.45) is 0 Å². The van der Waals surface area contributed by atoms with Crippen LogP contribution in [0.2, 0.25) is 0 Å². The Morgan fingerprint density at radius 3 is 3.00 bits per heavy atom. The van der Waals surface area contributed by atoms with Gasteiger partial charge in [0.2, 0.25) is 0 Å². The number of nitrogens with one attached hydrogen (secondary N) is 1. The molecule has 0 atom stereocenters. The van der Waals surface area contributed by atoms with Gasteiger partial charge in [-0.25, -0.2) is 9.97 Å². The van der Waals surface area contributed by atoms with Crippen LogP contribution in [0.15, 0.2) is 18.6 Å². The molecule has 0 spiro atoms. The number of aromatic amines is 1. The lowest BCUT2D eigenvalue weighted by Gasteiger charge is -2.32. The molecule has 0 aliphatic carbocycles. The predicted octanol–water partition coefficient (Wildman–Crippen LogP) is 1.17. The molecule has 2 aromatic rings. The van der Waals surface area contributed by atoms with Crippen molar-refractivity contribution < 1.29 is 0 Å².